The predicted octanol–water partition coefficient (Wildman–Crippen LogP) is 2.42. The van der Waals surface area contributed by atoms with Crippen LogP contribution in [0.5, 0.6) is 0 Å². The summed E-state index contributed by atoms with van der Waals surface area (Å²) in [5.41, 5.74) is 1.10. The third-order valence-electron chi connectivity index (χ3n) is 3.00. The fourth-order valence-corrected chi connectivity index (χ4v) is 1.93. The number of hydrogen-bond donors (Lipinski definition) is 1. The Morgan fingerprint density at radius 3 is 2.57 bits per heavy atom. The lowest BCUT2D eigenvalue weighted by Crippen LogP contribution is -2.35. The molecule has 0 saturated heterocycles. The lowest BCUT2D eigenvalue weighted by atomic mass is 9.91. The van der Waals surface area contributed by atoms with Crippen molar-refractivity contribution in [3.8, 4) is 0 Å². The van der Waals surface area contributed by atoms with E-state index in [1.54, 1.807) is 26.4 Å². The van der Waals surface area contributed by atoms with Gasteiger partial charge in [-0.15, -0.1) is 0 Å². The molecule has 1 rings (SSSR count). The maximum atomic E-state index is 12.2. The summed E-state index contributed by atoms with van der Waals surface area (Å²) >= 11 is 6.00. The van der Waals surface area contributed by atoms with Crippen molar-refractivity contribution in [1.29, 1.82) is 0 Å². The van der Waals surface area contributed by atoms with E-state index in [1.807, 2.05) is 20.8 Å². The van der Waals surface area contributed by atoms with E-state index in [2.05, 4.69) is 10.3 Å². The van der Waals surface area contributed by atoms with Crippen LogP contribution in [0.4, 0.5) is 0 Å². The van der Waals surface area contributed by atoms with Gasteiger partial charge in [0.05, 0.1) is 12.7 Å². The first kappa shape index (κ1) is 17.9. The summed E-state index contributed by atoms with van der Waals surface area (Å²) in [6.45, 7) is 6.85. The van der Waals surface area contributed by atoms with Crippen LogP contribution in [0.1, 0.15) is 36.8 Å². The van der Waals surface area contributed by atoms with Crippen molar-refractivity contribution >= 4 is 17.5 Å². The van der Waals surface area contributed by atoms with Crippen LogP contribution in [-0.2, 0) is 14.9 Å². The van der Waals surface area contributed by atoms with Crippen LogP contribution in [0.3, 0.4) is 0 Å². The Kier molecular flexibility index (Phi) is 6.58. The fourth-order valence-electron chi connectivity index (χ4n) is 1.72. The van der Waals surface area contributed by atoms with Gasteiger partial charge in [-0.25, -0.2) is 4.98 Å². The number of carbonyl (C=O) groups is 1. The van der Waals surface area contributed by atoms with E-state index >= 15 is 0 Å². The summed E-state index contributed by atoms with van der Waals surface area (Å²) in [5, 5.41) is 3.12. The SMILES string of the molecule is COCC(CNC(=O)c1cc(Cl)nc(C(C)(C)C)c1)OC. The van der Waals surface area contributed by atoms with Gasteiger partial charge in [0.1, 0.15) is 5.15 Å². The average Bonchev–Trinajstić information content (AvgIpc) is 2.41. The second-order valence-corrected chi connectivity index (χ2v) is 6.22. The number of pyridine rings is 1. The first-order valence-corrected chi connectivity index (χ1v) is 7.13. The van der Waals surface area contributed by atoms with Gasteiger partial charge in [0, 0.05) is 37.4 Å². The molecule has 6 heteroatoms. The molecule has 1 unspecified atom stereocenters. The standard InChI is InChI=1S/C15H23ClN2O3/c1-15(2,3)12-6-10(7-13(16)18-12)14(19)17-8-11(21-5)9-20-4/h6-7,11H,8-9H2,1-5H3,(H,17,19). The number of rotatable bonds is 6. The van der Waals surface area contributed by atoms with Crippen molar-refractivity contribution in [3.63, 3.8) is 0 Å². The number of nitrogens with one attached hydrogen (secondary N) is 1. The zero-order chi connectivity index (χ0) is 16.0. The van der Waals surface area contributed by atoms with E-state index in [9.17, 15) is 4.79 Å². The first-order chi connectivity index (χ1) is 9.77. The summed E-state index contributed by atoms with van der Waals surface area (Å²) in [6, 6.07) is 3.32. The van der Waals surface area contributed by atoms with Crippen LogP contribution >= 0.6 is 11.6 Å². The van der Waals surface area contributed by atoms with E-state index in [1.165, 1.54) is 0 Å². The van der Waals surface area contributed by atoms with Crippen molar-refractivity contribution in [2.75, 3.05) is 27.4 Å². The van der Waals surface area contributed by atoms with Crippen LogP contribution in [-0.4, -0.2) is 44.4 Å². The predicted molar refractivity (Wildman–Crippen MR) is 83.0 cm³/mol. The fraction of sp³-hybridized carbons (Fsp3) is 0.600. The maximum absolute atomic E-state index is 12.2. The van der Waals surface area contributed by atoms with Gasteiger partial charge < -0.3 is 14.8 Å². The lowest BCUT2D eigenvalue weighted by Gasteiger charge is -2.19. The summed E-state index contributed by atoms with van der Waals surface area (Å²) in [4.78, 5) is 16.5. The summed E-state index contributed by atoms with van der Waals surface area (Å²) in [6.07, 6.45) is -0.182. The molecule has 0 aromatic carbocycles. The third kappa shape index (κ3) is 5.61. The molecule has 0 spiro atoms. The molecule has 0 aliphatic rings. The van der Waals surface area contributed by atoms with E-state index in [0.29, 0.717) is 23.9 Å². The molecule has 1 heterocycles. The van der Waals surface area contributed by atoms with Crippen molar-refractivity contribution in [2.24, 2.45) is 0 Å². The zero-order valence-corrected chi connectivity index (χ0v) is 14.0. The average molecular weight is 315 g/mol. The van der Waals surface area contributed by atoms with Gasteiger partial charge in [-0.3, -0.25) is 4.79 Å². The molecule has 0 fully saturated rings. The summed E-state index contributed by atoms with van der Waals surface area (Å²) < 4.78 is 10.2. The molecule has 0 aliphatic carbocycles. The Balaban J connectivity index is 2.81. The largest absolute Gasteiger partial charge is 0.382 e. The minimum absolute atomic E-state index is 0.176. The third-order valence-corrected chi connectivity index (χ3v) is 3.19. The highest BCUT2D eigenvalue weighted by atomic mass is 35.5. The number of nitrogens with zero attached hydrogens (tertiary/aromatic N) is 1. The molecule has 1 amide bonds. The molecule has 1 aromatic heterocycles. The van der Waals surface area contributed by atoms with Crippen LogP contribution in [0.15, 0.2) is 12.1 Å². The highest BCUT2D eigenvalue weighted by Gasteiger charge is 2.19. The highest BCUT2D eigenvalue weighted by molar-refractivity contribution is 6.29. The number of methoxy groups -OCH3 is 2. The van der Waals surface area contributed by atoms with Crippen molar-refractivity contribution in [2.45, 2.75) is 32.3 Å². The van der Waals surface area contributed by atoms with Crippen molar-refractivity contribution in [3.05, 3.63) is 28.5 Å². The number of hydrogen-bond acceptors (Lipinski definition) is 4. The van der Waals surface area contributed by atoms with Gasteiger partial charge in [-0.05, 0) is 12.1 Å². The van der Waals surface area contributed by atoms with Crippen LogP contribution in [0.2, 0.25) is 5.15 Å². The minimum atomic E-state index is -0.206. The first-order valence-electron chi connectivity index (χ1n) is 6.76. The summed E-state index contributed by atoms with van der Waals surface area (Å²) in [5.74, 6) is -0.206. The minimum Gasteiger partial charge on any atom is -0.382 e. The van der Waals surface area contributed by atoms with Crippen molar-refractivity contribution < 1.29 is 14.3 Å². The van der Waals surface area contributed by atoms with Gasteiger partial charge in [-0.2, -0.15) is 0 Å². The number of aromatic nitrogens is 1. The van der Waals surface area contributed by atoms with Crippen molar-refractivity contribution in [1.82, 2.24) is 10.3 Å². The zero-order valence-electron chi connectivity index (χ0n) is 13.2. The van der Waals surface area contributed by atoms with E-state index in [4.69, 9.17) is 21.1 Å². The molecule has 1 atom stereocenters. The maximum Gasteiger partial charge on any atom is 0.251 e. The Bertz CT molecular complexity index is 486. The Labute approximate surface area is 131 Å². The topological polar surface area (TPSA) is 60.5 Å². The van der Waals surface area contributed by atoms with Gasteiger partial charge in [0.15, 0.2) is 0 Å². The van der Waals surface area contributed by atoms with Gasteiger partial charge >= 0.3 is 0 Å². The second kappa shape index (κ2) is 7.73. The van der Waals surface area contributed by atoms with E-state index in [-0.39, 0.29) is 17.4 Å². The molecule has 21 heavy (non-hydrogen) atoms. The molecular formula is C15H23ClN2O3. The van der Waals surface area contributed by atoms with Gasteiger partial charge in [0.25, 0.3) is 5.91 Å². The van der Waals surface area contributed by atoms with Gasteiger partial charge in [-0.1, -0.05) is 32.4 Å². The molecular weight excluding hydrogens is 292 g/mol. The molecule has 0 radical (unpaired) electrons. The highest BCUT2D eigenvalue weighted by Crippen LogP contribution is 2.23. The molecule has 118 valence electrons. The quantitative estimate of drug-likeness (QED) is 0.819. The second-order valence-electron chi connectivity index (χ2n) is 5.84. The normalized spacial score (nSPS) is 13.0. The molecule has 5 nitrogen and oxygen atoms in total. The van der Waals surface area contributed by atoms with Gasteiger partial charge in [0.2, 0.25) is 0 Å². The Morgan fingerprint density at radius 2 is 2.05 bits per heavy atom. The molecule has 0 saturated carbocycles. The molecule has 1 aromatic rings. The number of ether oxygens (including phenoxy) is 2. The number of amides is 1. The summed E-state index contributed by atoms with van der Waals surface area (Å²) in [7, 11) is 3.17. The molecule has 0 aliphatic heterocycles. The van der Waals surface area contributed by atoms with Crippen LogP contribution < -0.4 is 5.32 Å². The van der Waals surface area contributed by atoms with Crippen LogP contribution in [0.25, 0.3) is 0 Å². The lowest BCUT2D eigenvalue weighted by molar-refractivity contribution is 0.0285. The van der Waals surface area contributed by atoms with E-state index < -0.39 is 0 Å². The Morgan fingerprint density at radius 1 is 1.38 bits per heavy atom. The molecule has 0 bridgehead atoms. The monoisotopic (exact) mass is 314 g/mol. The number of halogens is 1. The Hall–Kier alpha value is -1.17. The number of carbonyl (C=O) groups excluding carboxylic acids is 1. The molecule has 1 N–H and O–H groups in total. The van der Waals surface area contributed by atoms with E-state index in [0.717, 1.165) is 5.69 Å². The smallest absolute Gasteiger partial charge is 0.251 e. The van der Waals surface area contributed by atoms with Crippen LogP contribution in [0, 0.1) is 0 Å².